The fourth-order valence-corrected chi connectivity index (χ4v) is 2.67. The topological polar surface area (TPSA) is 24.5 Å². The predicted molar refractivity (Wildman–Crippen MR) is 79.1 cm³/mol. The summed E-state index contributed by atoms with van der Waals surface area (Å²) in [5.74, 6) is 0. The van der Waals surface area contributed by atoms with Crippen LogP contribution in [0, 0.1) is 0 Å². The summed E-state index contributed by atoms with van der Waals surface area (Å²) >= 11 is 1.90. The molecule has 0 aliphatic rings. The minimum absolute atomic E-state index is 0.546. The van der Waals surface area contributed by atoms with Gasteiger partial charge in [0.1, 0.15) is 0 Å². The van der Waals surface area contributed by atoms with Crippen molar-refractivity contribution < 1.29 is 4.74 Å². The zero-order valence-electron chi connectivity index (χ0n) is 12.0. The van der Waals surface area contributed by atoms with E-state index in [0.29, 0.717) is 6.04 Å². The molecule has 0 saturated carbocycles. The van der Waals surface area contributed by atoms with Gasteiger partial charge in [-0.3, -0.25) is 4.90 Å². The maximum absolute atomic E-state index is 5.36. The second-order valence-corrected chi connectivity index (χ2v) is 6.09. The molecule has 1 aromatic rings. The Morgan fingerprint density at radius 3 is 2.72 bits per heavy atom. The molecule has 0 saturated heterocycles. The number of hydrogen-bond donors (Lipinski definition) is 1. The van der Waals surface area contributed by atoms with Crippen molar-refractivity contribution in [2.45, 2.75) is 39.9 Å². The highest BCUT2D eigenvalue weighted by Crippen LogP contribution is 2.17. The first kappa shape index (κ1) is 15.6. The molecule has 0 atom stereocenters. The van der Waals surface area contributed by atoms with E-state index in [1.807, 2.05) is 18.3 Å². The fraction of sp³-hybridized carbons (Fsp3) is 0.714. The molecular formula is C14H26N2OS. The van der Waals surface area contributed by atoms with Gasteiger partial charge in [0.15, 0.2) is 0 Å². The molecule has 0 unspecified atom stereocenters. The van der Waals surface area contributed by atoms with Crippen LogP contribution in [0.5, 0.6) is 0 Å². The van der Waals surface area contributed by atoms with E-state index in [9.17, 15) is 0 Å². The molecule has 0 bridgehead atoms. The molecular weight excluding hydrogens is 244 g/mol. The molecule has 4 heteroatoms. The molecule has 0 radical (unpaired) electrons. The van der Waals surface area contributed by atoms with Crippen LogP contribution in [0.1, 0.15) is 30.5 Å². The van der Waals surface area contributed by atoms with Gasteiger partial charge in [-0.25, -0.2) is 0 Å². The van der Waals surface area contributed by atoms with Gasteiger partial charge in [-0.15, -0.1) is 11.3 Å². The van der Waals surface area contributed by atoms with Crippen molar-refractivity contribution in [1.29, 1.82) is 0 Å². The third kappa shape index (κ3) is 6.50. The maximum Gasteiger partial charge on any atom is 0.0593 e. The van der Waals surface area contributed by atoms with Crippen molar-refractivity contribution in [1.82, 2.24) is 10.2 Å². The molecule has 0 aliphatic carbocycles. The highest BCUT2D eigenvalue weighted by Gasteiger charge is 2.04. The zero-order chi connectivity index (χ0) is 13.4. The van der Waals surface area contributed by atoms with Gasteiger partial charge >= 0.3 is 0 Å². The smallest absolute Gasteiger partial charge is 0.0593 e. The van der Waals surface area contributed by atoms with Gasteiger partial charge in [-0.2, -0.15) is 0 Å². The summed E-state index contributed by atoms with van der Waals surface area (Å²) in [6.45, 7) is 11.0. The van der Waals surface area contributed by atoms with Gasteiger partial charge in [0.05, 0.1) is 6.61 Å². The quantitative estimate of drug-likeness (QED) is 0.698. The van der Waals surface area contributed by atoms with Gasteiger partial charge in [0, 0.05) is 42.0 Å². The summed E-state index contributed by atoms with van der Waals surface area (Å²) in [4.78, 5) is 5.15. The minimum atomic E-state index is 0.546. The maximum atomic E-state index is 5.36. The Hall–Kier alpha value is -0.420. The van der Waals surface area contributed by atoms with Gasteiger partial charge in [0.2, 0.25) is 0 Å². The number of nitrogens with one attached hydrogen (secondary N) is 1. The summed E-state index contributed by atoms with van der Waals surface area (Å²) in [6.07, 6.45) is 0. The molecule has 0 amide bonds. The minimum Gasteiger partial charge on any atom is -0.380 e. The molecule has 3 nitrogen and oxygen atoms in total. The molecule has 1 N–H and O–H groups in total. The van der Waals surface area contributed by atoms with Crippen molar-refractivity contribution >= 4 is 11.3 Å². The molecule has 0 fully saturated rings. The summed E-state index contributed by atoms with van der Waals surface area (Å²) in [5.41, 5.74) is 0. The van der Waals surface area contributed by atoms with E-state index in [1.54, 1.807) is 0 Å². The number of ether oxygens (including phenoxy) is 1. The first-order valence-corrected chi connectivity index (χ1v) is 7.50. The Labute approximate surface area is 115 Å². The Balaban J connectivity index is 2.29. The number of thiophene rings is 1. The fourth-order valence-electron chi connectivity index (χ4n) is 1.62. The number of likely N-dealkylation sites (N-methyl/N-ethyl adjacent to an activating group) is 1. The van der Waals surface area contributed by atoms with Gasteiger partial charge in [-0.1, -0.05) is 13.8 Å². The Morgan fingerprint density at radius 1 is 1.33 bits per heavy atom. The first-order chi connectivity index (χ1) is 8.61. The van der Waals surface area contributed by atoms with Crippen molar-refractivity contribution in [2.75, 3.05) is 26.8 Å². The highest BCUT2D eigenvalue weighted by atomic mass is 32.1. The average Bonchev–Trinajstić information content (AvgIpc) is 2.74. The number of nitrogens with zero attached hydrogens (tertiary/aromatic N) is 1. The summed E-state index contributed by atoms with van der Waals surface area (Å²) in [6, 6.07) is 5.01. The van der Waals surface area contributed by atoms with E-state index in [4.69, 9.17) is 4.74 Å². The van der Waals surface area contributed by atoms with Crippen LogP contribution in [0.25, 0.3) is 0 Å². The van der Waals surface area contributed by atoms with Crippen molar-refractivity contribution in [3.8, 4) is 0 Å². The normalized spacial score (nSPS) is 11.7. The van der Waals surface area contributed by atoms with Crippen LogP contribution in [-0.2, 0) is 17.8 Å². The van der Waals surface area contributed by atoms with Crippen LogP contribution in [0.15, 0.2) is 12.1 Å². The standard InChI is InChI=1S/C14H26N2OS/c1-5-17-9-8-16(4)11-14-7-6-13(18-14)10-15-12(2)3/h6-7,12,15H,5,8-11H2,1-4H3. The third-order valence-corrected chi connectivity index (χ3v) is 3.72. The molecule has 0 aromatic carbocycles. The van der Waals surface area contributed by atoms with E-state index in [0.717, 1.165) is 32.8 Å². The molecule has 0 spiro atoms. The van der Waals surface area contributed by atoms with Gasteiger partial charge in [-0.05, 0) is 26.1 Å². The predicted octanol–water partition coefficient (Wildman–Crippen LogP) is 2.71. The number of rotatable bonds is 9. The summed E-state index contributed by atoms with van der Waals surface area (Å²) in [7, 11) is 2.14. The van der Waals surface area contributed by atoms with Crippen molar-refractivity contribution in [2.24, 2.45) is 0 Å². The summed E-state index contributed by atoms with van der Waals surface area (Å²) in [5, 5.41) is 3.45. The van der Waals surface area contributed by atoms with Crippen molar-refractivity contribution in [3.63, 3.8) is 0 Å². The van der Waals surface area contributed by atoms with Crippen molar-refractivity contribution in [3.05, 3.63) is 21.9 Å². The van der Waals surface area contributed by atoms with Crippen LogP contribution < -0.4 is 5.32 Å². The monoisotopic (exact) mass is 270 g/mol. The van der Waals surface area contributed by atoms with E-state index < -0.39 is 0 Å². The Bertz CT molecular complexity index is 325. The first-order valence-electron chi connectivity index (χ1n) is 6.69. The third-order valence-electron chi connectivity index (χ3n) is 2.65. The van der Waals surface area contributed by atoms with Crippen LogP contribution in [0.2, 0.25) is 0 Å². The van der Waals surface area contributed by atoms with Gasteiger partial charge in [0.25, 0.3) is 0 Å². The van der Waals surface area contributed by atoms with E-state index in [2.05, 4.69) is 43.2 Å². The summed E-state index contributed by atoms with van der Waals surface area (Å²) < 4.78 is 5.36. The molecule has 104 valence electrons. The lowest BCUT2D eigenvalue weighted by Crippen LogP contribution is -2.22. The lowest BCUT2D eigenvalue weighted by Gasteiger charge is -2.15. The molecule has 1 aromatic heterocycles. The van der Waals surface area contributed by atoms with Crippen LogP contribution >= 0.6 is 11.3 Å². The lowest BCUT2D eigenvalue weighted by atomic mass is 10.3. The average molecular weight is 270 g/mol. The van der Waals surface area contributed by atoms with Crippen LogP contribution in [0.4, 0.5) is 0 Å². The SMILES string of the molecule is CCOCCN(C)Cc1ccc(CNC(C)C)s1. The number of hydrogen-bond acceptors (Lipinski definition) is 4. The Morgan fingerprint density at radius 2 is 2.06 bits per heavy atom. The van der Waals surface area contributed by atoms with E-state index in [1.165, 1.54) is 9.75 Å². The molecule has 1 rings (SSSR count). The van der Waals surface area contributed by atoms with E-state index in [-0.39, 0.29) is 0 Å². The van der Waals surface area contributed by atoms with Gasteiger partial charge < -0.3 is 10.1 Å². The largest absolute Gasteiger partial charge is 0.380 e. The zero-order valence-corrected chi connectivity index (χ0v) is 12.8. The molecule has 0 aliphatic heterocycles. The molecule has 1 heterocycles. The lowest BCUT2D eigenvalue weighted by molar-refractivity contribution is 0.120. The second kappa shape index (κ2) is 8.64. The Kier molecular flexibility index (Phi) is 7.51. The van der Waals surface area contributed by atoms with Crippen LogP contribution in [-0.4, -0.2) is 37.7 Å². The van der Waals surface area contributed by atoms with Crippen LogP contribution in [0.3, 0.4) is 0 Å². The molecule has 18 heavy (non-hydrogen) atoms. The second-order valence-electron chi connectivity index (χ2n) is 4.84. The van der Waals surface area contributed by atoms with E-state index >= 15 is 0 Å². The highest BCUT2D eigenvalue weighted by molar-refractivity contribution is 7.11.